The molecule has 0 radical (unpaired) electrons. The van der Waals surface area contributed by atoms with Crippen LogP contribution in [-0.2, 0) is 6.54 Å². The minimum atomic E-state index is -0.226. The van der Waals surface area contributed by atoms with Crippen molar-refractivity contribution in [3.63, 3.8) is 0 Å². The molecule has 0 amide bonds. The SMILES string of the molecule is C#CCN(Cc1ccc(F)cc1)c1ccc(NC)cc1. The van der Waals surface area contributed by atoms with Crippen LogP contribution in [0.4, 0.5) is 15.8 Å². The third kappa shape index (κ3) is 3.52. The summed E-state index contributed by atoms with van der Waals surface area (Å²) in [6.45, 7) is 1.17. The van der Waals surface area contributed by atoms with Crippen molar-refractivity contribution >= 4 is 11.4 Å². The first-order valence-electron chi connectivity index (χ1n) is 6.43. The van der Waals surface area contributed by atoms with Gasteiger partial charge in [-0.25, -0.2) is 4.39 Å². The Morgan fingerprint density at radius 3 is 2.30 bits per heavy atom. The number of anilines is 2. The summed E-state index contributed by atoms with van der Waals surface area (Å²) in [5.74, 6) is 2.44. The fourth-order valence-electron chi connectivity index (χ4n) is 2.00. The molecule has 102 valence electrons. The maximum atomic E-state index is 12.9. The highest BCUT2D eigenvalue weighted by atomic mass is 19.1. The Morgan fingerprint density at radius 2 is 1.75 bits per heavy atom. The number of hydrogen-bond donors (Lipinski definition) is 1. The minimum absolute atomic E-state index is 0.226. The summed E-state index contributed by atoms with van der Waals surface area (Å²) < 4.78 is 12.9. The van der Waals surface area contributed by atoms with Crippen molar-refractivity contribution < 1.29 is 4.39 Å². The van der Waals surface area contributed by atoms with E-state index in [2.05, 4.69) is 16.1 Å². The van der Waals surface area contributed by atoms with E-state index in [1.165, 1.54) is 12.1 Å². The topological polar surface area (TPSA) is 15.3 Å². The largest absolute Gasteiger partial charge is 0.388 e. The van der Waals surface area contributed by atoms with Gasteiger partial charge in [0.2, 0.25) is 0 Å². The summed E-state index contributed by atoms with van der Waals surface area (Å²) in [5, 5.41) is 3.08. The number of halogens is 1. The first-order valence-corrected chi connectivity index (χ1v) is 6.43. The first kappa shape index (κ1) is 14.0. The number of terminal acetylenes is 1. The molecular weight excluding hydrogens is 251 g/mol. The average molecular weight is 268 g/mol. The second-order valence-corrected chi connectivity index (χ2v) is 4.48. The normalized spacial score (nSPS) is 9.85. The molecule has 0 aliphatic rings. The van der Waals surface area contributed by atoms with Gasteiger partial charge in [-0.2, -0.15) is 0 Å². The van der Waals surface area contributed by atoms with Crippen molar-refractivity contribution in [3.05, 3.63) is 59.9 Å². The Hall–Kier alpha value is -2.47. The van der Waals surface area contributed by atoms with Gasteiger partial charge < -0.3 is 10.2 Å². The Morgan fingerprint density at radius 1 is 1.10 bits per heavy atom. The fourth-order valence-corrected chi connectivity index (χ4v) is 2.00. The molecule has 1 N–H and O–H groups in total. The molecule has 2 aromatic carbocycles. The highest BCUT2D eigenvalue weighted by Gasteiger charge is 2.06. The molecule has 0 fully saturated rings. The van der Waals surface area contributed by atoms with E-state index >= 15 is 0 Å². The predicted octanol–water partition coefficient (Wildman–Crippen LogP) is 3.51. The van der Waals surface area contributed by atoms with Crippen molar-refractivity contribution in [2.24, 2.45) is 0 Å². The lowest BCUT2D eigenvalue weighted by Crippen LogP contribution is -2.22. The lowest BCUT2D eigenvalue weighted by Gasteiger charge is -2.23. The van der Waals surface area contributed by atoms with Crippen LogP contribution >= 0.6 is 0 Å². The van der Waals surface area contributed by atoms with Gasteiger partial charge in [0.15, 0.2) is 0 Å². The molecule has 0 aliphatic heterocycles. The molecule has 3 heteroatoms. The fraction of sp³-hybridized carbons (Fsp3) is 0.176. The third-order valence-electron chi connectivity index (χ3n) is 3.09. The molecule has 0 spiro atoms. The second kappa shape index (κ2) is 6.63. The van der Waals surface area contributed by atoms with Gasteiger partial charge in [-0.05, 0) is 42.0 Å². The van der Waals surface area contributed by atoms with Crippen LogP contribution in [0.25, 0.3) is 0 Å². The number of benzene rings is 2. The van der Waals surface area contributed by atoms with Crippen LogP contribution in [0.2, 0.25) is 0 Å². The van der Waals surface area contributed by atoms with E-state index in [1.54, 1.807) is 12.1 Å². The molecule has 0 unspecified atom stereocenters. The van der Waals surface area contributed by atoms with E-state index in [0.29, 0.717) is 13.1 Å². The van der Waals surface area contributed by atoms with Crippen LogP contribution in [-0.4, -0.2) is 13.6 Å². The van der Waals surface area contributed by atoms with Crippen molar-refractivity contribution in [2.45, 2.75) is 6.54 Å². The minimum Gasteiger partial charge on any atom is -0.388 e. The maximum Gasteiger partial charge on any atom is 0.123 e. The van der Waals surface area contributed by atoms with Gasteiger partial charge in [-0.1, -0.05) is 18.1 Å². The summed E-state index contributed by atoms with van der Waals surface area (Å²) in [5.41, 5.74) is 3.13. The number of hydrogen-bond acceptors (Lipinski definition) is 2. The average Bonchev–Trinajstić information content (AvgIpc) is 2.49. The van der Waals surface area contributed by atoms with E-state index < -0.39 is 0 Å². The second-order valence-electron chi connectivity index (χ2n) is 4.48. The highest BCUT2D eigenvalue weighted by Crippen LogP contribution is 2.19. The first-order chi connectivity index (χ1) is 9.72. The van der Waals surface area contributed by atoms with E-state index in [0.717, 1.165) is 16.9 Å². The van der Waals surface area contributed by atoms with Gasteiger partial charge >= 0.3 is 0 Å². The molecule has 0 bridgehead atoms. The summed E-state index contributed by atoms with van der Waals surface area (Å²) in [7, 11) is 1.88. The standard InChI is InChI=1S/C17H17FN2/c1-3-12-20(13-14-4-6-15(18)7-5-14)17-10-8-16(19-2)9-11-17/h1,4-11,19H,12-13H2,2H3. The molecule has 0 saturated heterocycles. The Bertz CT molecular complexity index is 582. The van der Waals surface area contributed by atoms with Crippen LogP contribution in [0.15, 0.2) is 48.5 Å². The summed E-state index contributed by atoms with van der Waals surface area (Å²) in [4.78, 5) is 2.08. The van der Waals surface area contributed by atoms with Gasteiger partial charge in [-0.15, -0.1) is 6.42 Å². The monoisotopic (exact) mass is 268 g/mol. The van der Waals surface area contributed by atoms with E-state index in [9.17, 15) is 4.39 Å². The summed E-state index contributed by atoms with van der Waals surface area (Å²) in [6.07, 6.45) is 5.44. The van der Waals surface area contributed by atoms with Gasteiger partial charge in [0.1, 0.15) is 5.82 Å². The third-order valence-corrected chi connectivity index (χ3v) is 3.09. The Balaban J connectivity index is 2.17. The molecule has 0 heterocycles. The number of nitrogens with zero attached hydrogens (tertiary/aromatic N) is 1. The molecule has 0 aromatic heterocycles. The maximum absolute atomic E-state index is 12.9. The summed E-state index contributed by atoms with van der Waals surface area (Å²) in [6, 6.07) is 14.5. The predicted molar refractivity (Wildman–Crippen MR) is 82.3 cm³/mol. The lowest BCUT2D eigenvalue weighted by atomic mass is 10.2. The van der Waals surface area contributed by atoms with Crippen LogP contribution in [0, 0.1) is 18.2 Å². The van der Waals surface area contributed by atoms with Crippen LogP contribution in [0.1, 0.15) is 5.56 Å². The van der Waals surface area contributed by atoms with Crippen molar-refractivity contribution in [1.82, 2.24) is 0 Å². The molecule has 0 saturated carbocycles. The molecule has 2 aromatic rings. The molecule has 2 nitrogen and oxygen atoms in total. The van der Waals surface area contributed by atoms with Crippen LogP contribution < -0.4 is 10.2 Å². The van der Waals surface area contributed by atoms with Gasteiger partial charge in [0.05, 0.1) is 6.54 Å². The number of nitrogens with one attached hydrogen (secondary N) is 1. The van der Waals surface area contributed by atoms with Gasteiger partial charge in [0, 0.05) is 25.0 Å². The smallest absolute Gasteiger partial charge is 0.123 e. The molecule has 0 atom stereocenters. The van der Waals surface area contributed by atoms with Gasteiger partial charge in [0.25, 0.3) is 0 Å². The van der Waals surface area contributed by atoms with Gasteiger partial charge in [-0.3, -0.25) is 0 Å². The van der Waals surface area contributed by atoms with Crippen LogP contribution in [0.3, 0.4) is 0 Å². The Kier molecular flexibility index (Phi) is 4.62. The molecular formula is C17H17FN2. The zero-order valence-corrected chi connectivity index (χ0v) is 11.4. The van der Waals surface area contributed by atoms with E-state index in [4.69, 9.17) is 6.42 Å². The zero-order chi connectivity index (χ0) is 14.4. The van der Waals surface area contributed by atoms with Crippen molar-refractivity contribution in [1.29, 1.82) is 0 Å². The quantitative estimate of drug-likeness (QED) is 0.835. The van der Waals surface area contributed by atoms with Crippen molar-refractivity contribution in [3.8, 4) is 12.3 Å². The summed E-state index contributed by atoms with van der Waals surface area (Å²) >= 11 is 0. The molecule has 0 aliphatic carbocycles. The zero-order valence-electron chi connectivity index (χ0n) is 11.4. The van der Waals surface area contributed by atoms with E-state index in [1.807, 2.05) is 31.3 Å². The highest BCUT2D eigenvalue weighted by molar-refractivity contribution is 5.55. The molecule has 20 heavy (non-hydrogen) atoms. The Labute approximate surface area is 119 Å². The molecule has 2 rings (SSSR count). The van der Waals surface area contributed by atoms with Crippen LogP contribution in [0.5, 0.6) is 0 Å². The lowest BCUT2D eigenvalue weighted by molar-refractivity contribution is 0.627. The van der Waals surface area contributed by atoms with E-state index in [-0.39, 0.29) is 5.82 Å². The number of rotatable bonds is 5. The van der Waals surface area contributed by atoms with Crippen molar-refractivity contribution in [2.75, 3.05) is 23.8 Å².